The van der Waals surface area contributed by atoms with E-state index in [0.717, 1.165) is 11.9 Å². The van der Waals surface area contributed by atoms with Crippen molar-refractivity contribution in [2.24, 2.45) is 0 Å². The lowest BCUT2D eigenvalue weighted by molar-refractivity contribution is -0.384. The normalized spacial score (nSPS) is 23.2. The monoisotopic (exact) mass is 217 g/mol. The lowest BCUT2D eigenvalue weighted by Gasteiger charge is -2.34. The number of nitro groups is 1. The van der Waals surface area contributed by atoms with E-state index in [1.807, 2.05) is 13.0 Å². The first kappa shape index (κ1) is 10.5. The fourth-order valence-electron chi connectivity index (χ4n) is 2.11. The maximum absolute atomic E-state index is 11.1. The fourth-order valence-corrected chi connectivity index (χ4v) is 2.11. The first-order valence-corrected chi connectivity index (χ1v) is 4.97. The van der Waals surface area contributed by atoms with Crippen LogP contribution in [-0.2, 0) is 10.2 Å². The summed E-state index contributed by atoms with van der Waals surface area (Å²) >= 11 is 0. The lowest BCUT2D eigenvalue weighted by atomic mass is 9.68. The molecule has 4 nitrogen and oxygen atoms in total. The third-order valence-corrected chi connectivity index (χ3v) is 2.88. The van der Waals surface area contributed by atoms with Crippen LogP contribution in [0.25, 0.3) is 0 Å². The molecule has 0 amide bonds. The van der Waals surface area contributed by atoms with E-state index in [-0.39, 0.29) is 5.69 Å². The van der Waals surface area contributed by atoms with Gasteiger partial charge in [-0.3, -0.25) is 10.1 Å². The average molecular weight is 217 g/mol. The predicted octanol–water partition coefficient (Wildman–Crippen LogP) is 2.38. The Balaban J connectivity index is 2.45. The molecule has 1 aliphatic carbocycles. The molecule has 1 aromatic carbocycles. The smallest absolute Gasteiger partial charge is 0.269 e. The molecule has 0 fully saturated rings. The summed E-state index contributed by atoms with van der Waals surface area (Å²) in [5.41, 5.74) is 1.22. The highest BCUT2D eigenvalue weighted by molar-refractivity contribution is 5.76. The molecule has 82 valence electrons. The Labute approximate surface area is 92.7 Å². The number of aldehydes is 1. The second-order valence-corrected chi connectivity index (χ2v) is 4.13. The number of rotatable bonds is 3. The molecule has 0 spiro atoms. The van der Waals surface area contributed by atoms with Gasteiger partial charge < -0.3 is 4.79 Å². The van der Waals surface area contributed by atoms with E-state index >= 15 is 0 Å². The Hall–Kier alpha value is -1.97. The van der Waals surface area contributed by atoms with Crippen molar-refractivity contribution in [3.05, 3.63) is 51.6 Å². The Morgan fingerprint density at radius 2 is 2.19 bits per heavy atom. The van der Waals surface area contributed by atoms with E-state index in [0.29, 0.717) is 12.0 Å². The van der Waals surface area contributed by atoms with Crippen LogP contribution in [0.1, 0.15) is 18.9 Å². The van der Waals surface area contributed by atoms with E-state index in [9.17, 15) is 14.9 Å². The minimum atomic E-state index is -0.643. The van der Waals surface area contributed by atoms with Crippen molar-refractivity contribution in [2.45, 2.75) is 18.8 Å². The number of benzene rings is 1. The summed E-state index contributed by atoms with van der Waals surface area (Å²) in [6.07, 6.45) is 3.37. The van der Waals surface area contributed by atoms with Crippen molar-refractivity contribution in [2.75, 3.05) is 0 Å². The first-order chi connectivity index (χ1) is 7.57. The van der Waals surface area contributed by atoms with Gasteiger partial charge in [-0.15, -0.1) is 0 Å². The lowest BCUT2D eigenvalue weighted by Crippen LogP contribution is -2.32. The number of hydrogen-bond acceptors (Lipinski definition) is 3. The highest BCUT2D eigenvalue weighted by atomic mass is 16.6. The molecular formula is C12H11NO3. The summed E-state index contributed by atoms with van der Waals surface area (Å²) in [7, 11) is 0. The molecule has 0 aliphatic heterocycles. The Bertz CT molecular complexity index is 493. The zero-order valence-electron chi connectivity index (χ0n) is 8.84. The first-order valence-electron chi connectivity index (χ1n) is 4.97. The van der Waals surface area contributed by atoms with Crippen molar-refractivity contribution in [3.8, 4) is 0 Å². The molecule has 2 rings (SSSR count). The molecule has 0 bridgehead atoms. The molecule has 1 unspecified atom stereocenters. The highest BCUT2D eigenvalue weighted by Gasteiger charge is 2.37. The standard InChI is InChI=1S/C12H11NO3/c1-9-6-12(7-9,8-14)10-3-2-4-11(5-10)13(15)16/h2-6,8H,7H2,1H3. The Morgan fingerprint density at radius 1 is 1.50 bits per heavy atom. The summed E-state index contributed by atoms with van der Waals surface area (Å²) < 4.78 is 0. The summed E-state index contributed by atoms with van der Waals surface area (Å²) in [6.45, 7) is 1.94. The molecule has 0 N–H and O–H groups in total. The van der Waals surface area contributed by atoms with Gasteiger partial charge in [0.15, 0.2) is 0 Å². The largest absolute Gasteiger partial charge is 0.302 e. The van der Waals surface area contributed by atoms with Crippen LogP contribution in [0, 0.1) is 10.1 Å². The van der Waals surface area contributed by atoms with Crippen LogP contribution in [0.5, 0.6) is 0 Å². The van der Waals surface area contributed by atoms with Gasteiger partial charge in [0.2, 0.25) is 0 Å². The van der Waals surface area contributed by atoms with E-state index in [4.69, 9.17) is 0 Å². The number of carbonyl (C=O) groups excluding carboxylic acids is 1. The number of nitro benzene ring substituents is 1. The quantitative estimate of drug-likeness (QED) is 0.338. The molecule has 0 saturated heterocycles. The number of non-ortho nitro benzene ring substituents is 1. The molecule has 4 heteroatoms. The summed E-state index contributed by atoms with van der Waals surface area (Å²) in [5.74, 6) is 0. The van der Waals surface area contributed by atoms with Crippen LogP contribution in [0.4, 0.5) is 5.69 Å². The van der Waals surface area contributed by atoms with E-state index in [1.54, 1.807) is 12.1 Å². The van der Waals surface area contributed by atoms with Crippen molar-refractivity contribution in [1.29, 1.82) is 0 Å². The second-order valence-electron chi connectivity index (χ2n) is 4.13. The number of allylic oxidation sites excluding steroid dienone is 2. The molecule has 0 radical (unpaired) electrons. The summed E-state index contributed by atoms with van der Waals surface area (Å²) in [6, 6.07) is 6.26. The van der Waals surface area contributed by atoms with Gasteiger partial charge in [0, 0.05) is 12.1 Å². The van der Waals surface area contributed by atoms with E-state index in [2.05, 4.69) is 0 Å². The zero-order valence-corrected chi connectivity index (χ0v) is 8.84. The van der Waals surface area contributed by atoms with E-state index in [1.165, 1.54) is 12.1 Å². The SMILES string of the molecule is CC1=CC(C=O)(c2cccc([N+](=O)[O-])c2)C1. The topological polar surface area (TPSA) is 60.2 Å². The van der Waals surface area contributed by atoms with Gasteiger partial charge >= 0.3 is 0 Å². The molecule has 1 aliphatic rings. The molecular weight excluding hydrogens is 206 g/mol. The Morgan fingerprint density at radius 3 is 2.69 bits per heavy atom. The second kappa shape index (κ2) is 3.56. The van der Waals surface area contributed by atoms with Crippen molar-refractivity contribution < 1.29 is 9.72 Å². The van der Waals surface area contributed by atoms with Gasteiger partial charge in [-0.2, -0.15) is 0 Å². The minimum Gasteiger partial charge on any atom is -0.302 e. The maximum atomic E-state index is 11.1. The van der Waals surface area contributed by atoms with Gasteiger partial charge in [0.25, 0.3) is 5.69 Å². The van der Waals surface area contributed by atoms with Gasteiger partial charge in [-0.1, -0.05) is 23.8 Å². The maximum Gasteiger partial charge on any atom is 0.269 e. The van der Waals surface area contributed by atoms with Crippen LogP contribution in [0.3, 0.4) is 0 Å². The molecule has 16 heavy (non-hydrogen) atoms. The van der Waals surface area contributed by atoms with Crippen LogP contribution in [-0.4, -0.2) is 11.2 Å². The minimum absolute atomic E-state index is 0.0247. The van der Waals surface area contributed by atoms with Gasteiger partial charge in [-0.05, 0) is 18.9 Å². The van der Waals surface area contributed by atoms with Crippen molar-refractivity contribution in [3.63, 3.8) is 0 Å². The fraction of sp³-hybridized carbons (Fsp3) is 0.250. The van der Waals surface area contributed by atoms with Crippen molar-refractivity contribution in [1.82, 2.24) is 0 Å². The Kier molecular flexibility index (Phi) is 2.34. The molecule has 0 saturated carbocycles. The van der Waals surface area contributed by atoms with Crippen LogP contribution in [0.2, 0.25) is 0 Å². The third kappa shape index (κ3) is 1.52. The van der Waals surface area contributed by atoms with Crippen LogP contribution < -0.4 is 0 Å². The zero-order chi connectivity index (χ0) is 11.8. The van der Waals surface area contributed by atoms with E-state index < -0.39 is 10.3 Å². The van der Waals surface area contributed by atoms with Crippen LogP contribution in [0.15, 0.2) is 35.9 Å². The average Bonchev–Trinajstić information content (AvgIpc) is 2.24. The van der Waals surface area contributed by atoms with Crippen LogP contribution >= 0.6 is 0 Å². The van der Waals surface area contributed by atoms with Gasteiger partial charge in [-0.25, -0.2) is 0 Å². The number of carbonyl (C=O) groups is 1. The summed E-state index contributed by atoms with van der Waals surface area (Å²) in [5, 5.41) is 10.6. The van der Waals surface area contributed by atoms with Crippen molar-refractivity contribution >= 4 is 12.0 Å². The number of nitrogens with zero attached hydrogens (tertiary/aromatic N) is 1. The molecule has 1 atom stereocenters. The molecule has 0 aromatic heterocycles. The third-order valence-electron chi connectivity index (χ3n) is 2.88. The summed E-state index contributed by atoms with van der Waals surface area (Å²) in [4.78, 5) is 21.3. The number of hydrogen-bond donors (Lipinski definition) is 0. The predicted molar refractivity (Wildman–Crippen MR) is 59.2 cm³/mol. The molecule has 0 heterocycles. The van der Waals surface area contributed by atoms with Gasteiger partial charge in [0.1, 0.15) is 6.29 Å². The molecule has 1 aromatic rings. The van der Waals surface area contributed by atoms with Gasteiger partial charge in [0.05, 0.1) is 10.3 Å². The highest BCUT2D eigenvalue weighted by Crippen LogP contribution is 2.40.